The molecule has 0 radical (unpaired) electrons. The molecule has 0 fully saturated rings. The van der Waals surface area contributed by atoms with Crippen molar-refractivity contribution in [3.63, 3.8) is 0 Å². The van der Waals surface area contributed by atoms with Crippen molar-refractivity contribution >= 4 is 18.4 Å². The monoisotopic (exact) mass is 372 g/mol. The van der Waals surface area contributed by atoms with Gasteiger partial charge in [-0.15, -0.1) is 0 Å². The molecule has 0 aromatic rings. The molecule has 1 rings (SSSR count). The van der Waals surface area contributed by atoms with Crippen molar-refractivity contribution in [1.82, 2.24) is 0 Å². The van der Waals surface area contributed by atoms with Gasteiger partial charge in [0.1, 0.15) is 0 Å². The molecule has 0 aliphatic heterocycles. The van der Waals surface area contributed by atoms with E-state index in [2.05, 4.69) is 37.4 Å². The van der Waals surface area contributed by atoms with Crippen molar-refractivity contribution in [2.24, 2.45) is 5.92 Å². The van der Waals surface area contributed by atoms with Gasteiger partial charge >= 0.3 is 126 Å². The number of unbranched alkanes of at least 4 members (excludes halogenated alkanes) is 3. The van der Waals surface area contributed by atoms with Crippen LogP contribution in [0.25, 0.3) is 0 Å². The molecule has 0 saturated heterocycles. The third-order valence-electron chi connectivity index (χ3n) is 5.13. The van der Waals surface area contributed by atoms with Gasteiger partial charge < -0.3 is 0 Å². The van der Waals surface area contributed by atoms with Crippen molar-refractivity contribution in [3.8, 4) is 0 Å². The van der Waals surface area contributed by atoms with Gasteiger partial charge in [-0.2, -0.15) is 0 Å². The molecule has 19 heavy (non-hydrogen) atoms. The second kappa shape index (κ2) is 9.47. The van der Waals surface area contributed by atoms with E-state index >= 15 is 0 Å². The van der Waals surface area contributed by atoms with Crippen LogP contribution in [0.1, 0.15) is 79.1 Å². The van der Waals surface area contributed by atoms with Crippen LogP contribution < -0.4 is 0 Å². The molecular formula is C18H36Sn. The summed E-state index contributed by atoms with van der Waals surface area (Å²) in [7, 11) is 0. The van der Waals surface area contributed by atoms with Gasteiger partial charge in [0, 0.05) is 0 Å². The first-order valence-corrected chi connectivity index (χ1v) is 16.4. The second-order valence-electron chi connectivity index (χ2n) is 6.73. The van der Waals surface area contributed by atoms with E-state index in [-0.39, 0.29) is 0 Å². The Kier molecular flexibility index (Phi) is 8.77. The van der Waals surface area contributed by atoms with Crippen LogP contribution in [0.15, 0.2) is 9.67 Å². The van der Waals surface area contributed by atoms with Crippen LogP contribution in [-0.2, 0) is 0 Å². The third-order valence-corrected chi connectivity index (χ3v) is 21.8. The summed E-state index contributed by atoms with van der Waals surface area (Å²) in [5.74, 6) is 0.946. The van der Waals surface area contributed by atoms with Gasteiger partial charge in [0.15, 0.2) is 0 Å². The Bertz CT molecular complexity index is 245. The minimum atomic E-state index is -2.00. The van der Waals surface area contributed by atoms with Gasteiger partial charge in [-0.25, -0.2) is 0 Å². The van der Waals surface area contributed by atoms with Crippen LogP contribution in [0.5, 0.6) is 0 Å². The molecule has 1 atom stereocenters. The van der Waals surface area contributed by atoms with Crippen molar-refractivity contribution in [3.05, 3.63) is 9.67 Å². The summed E-state index contributed by atoms with van der Waals surface area (Å²) in [6.07, 6.45) is 14.3. The summed E-state index contributed by atoms with van der Waals surface area (Å²) in [5, 5.41) is 0. The van der Waals surface area contributed by atoms with E-state index in [9.17, 15) is 0 Å². The van der Waals surface area contributed by atoms with Crippen LogP contribution in [0.3, 0.4) is 0 Å². The molecule has 1 aliphatic carbocycles. The van der Waals surface area contributed by atoms with Gasteiger partial charge in [-0.3, -0.25) is 0 Å². The summed E-state index contributed by atoms with van der Waals surface area (Å²) < 4.78 is 7.02. The molecule has 0 N–H and O–H groups in total. The van der Waals surface area contributed by atoms with E-state index in [0.29, 0.717) is 0 Å². The summed E-state index contributed by atoms with van der Waals surface area (Å²) in [4.78, 5) is 0. The fourth-order valence-corrected chi connectivity index (χ4v) is 22.4. The number of rotatable bonds is 10. The van der Waals surface area contributed by atoms with Crippen molar-refractivity contribution < 1.29 is 0 Å². The molecule has 0 nitrogen and oxygen atoms in total. The predicted molar refractivity (Wildman–Crippen MR) is 91.4 cm³/mol. The average molecular weight is 371 g/mol. The normalized spacial score (nSPS) is 19.8. The van der Waals surface area contributed by atoms with Gasteiger partial charge in [0.2, 0.25) is 0 Å². The molecular weight excluding hydrogens is 335 g/mol. The SMILES string of the molecule is CCC[CH2][Sn]([CH2]CCC)([CH2]CCC)[C]1=CCCC1C. The average Bonchev–Trinajstić information content (AvgIpc) is 2.85. The fourth-order valence-electron chi connectivity index (χ4n) is 3.94. The number of allylic oxidation sites excluding steroid dienone is 2. The van der Waals surface area contributed by atoms with E-state index < -0.39 is 18.4 Å². The first kappa shape index (κ1) is 17.6. The second-order valence-corrected chi connectivity index (χ2v) is 20.0. The van der Waals surface area contributed by atoms with E-state index in [0.717, 1.165) is 5.92 Å². The van der Waals surface area contributed by atoms with E-state index in [4.69, 9.17) is 0 Å². The zero-order valence-corrected chi connectivity index (χ0v) is 16.8. The molecule has 0 heterocycles. The third kappa shape index (κ3) is 5.10. The van der Waals surface area contributed by atoms with Crippen LogP contribution >= 0.6 is 0 Å². The van der Waals surface area contributed by atoms with Crippen LogP contribution in [0, 0.1) is 5.92 Å². The zero-order chi connectivity index (χ0) is 14.1. The van der Waals surface area contributed by atoms with E-state index in [1.807, 2.05) is 0 Å². The van der Waals surface area contributed by atoms with Gasteiger partial charge in [0.25, 0.3) is 0 Å². The molecule has 0 aromatic carbocycles. The van der Waals surface area contributed by atoms with Crippen molar-refractivity contribution in [1.29, 1.82) is 0 Å². The molecule has 1 unspecified atom stereocenters. The summed E-state index contributed by atoms with van der Waals surface area (Å²) >= 11 is -2.00. The maximum absolute atomic E-state index is 2.71. The standard InChI is InChI=1S/C6H9.3C4H9.Sn/c1-6-4-2-3-5-6;3*1-3-4-2;/h2,6H,3,5H2,1H3;3*1,3-4H2,2H3;. The Labute approximate surface area is 126 Å². The maximum atomic E-state index is 2.71. The molecule has 0 bridgehead atoms. The van der Waals surface area contributed by atoms with Gasteiger partial charge in [0.05, 0.1) is 0 Å². The quantitative estimate of drug-likeness (QED) is 0.374. The molecule has 0 aromatic heterocycles. The van der Waals surface area contributed by atoms with Gasteiger partial charge in [-0.1, -0.05) is 0 Å². The molecule has 1 aliphatic rings. The van der Waals surface area contributed by atoms with E-state index in [1.165, 1.54) is 51.4 Å². The van der Waals surface area contributed by atoms with Crippen molar-refractivity contribution in [2.45, 2.75) is 92.4 Å². The van der Waals surface area contributed by atoms with Crippen LogP contribution in [0.4, 0.5) is 0 Å². The molecule has 1 heteroatoms. The topological polar surface area (TPSA) is 0 Å². The number of hydrogen-bond donors (Lipinski definition) is 0. The van der Waals surface area contributed by atoms with Crippen LogP contribution in [-0.4, -0.2) is 18.4 Å². The molecule has 112 valence electrons. The Morgan fingerprint density at radius 2 is 1.42 bits per heavy atom. The summed E-state index contributed by atoms with van der Waals surface area (Å²) in [5.41, 5.74) is 0. The Balaban J connectivity index is 2.87. The molecule has 0 saturated carbocycles. The Morgan fingerprint density at radius 3 is 1.74 bits per heavy atom. The minimum absolute atomic E-state index is 0.946. The summed E-state index contributed by atoms with van der Waals surface area (Å²) in [6, 6.07) is 0. The first-order chi connectivity index (χ1) is 9.20. The van der Waals surface area contributed by atoms with Crippen LogP contribution in [0.2, 0.25) is 13.3 Å². The molecule has 0 amide bonds. The Hall–Kier alpha value is 0.539. The van der Waals surface area contributed by atoms with Gasteiger partial charge in [-0.05, 0) is 0 Å². The summed E-state index contributed by atoms with van der Waals surface area (Å²) in [6.45, 7) is 9.66. The zero-order valence-electron chi connectivity index (χ0n) is 13.9. The van der Waals surface area contributed by atoms with Crippen molar-refractivity contribution in [2.75, 3.05) is 0 Å². The first-order valence-electron chi connectivity index (χ1n) is 8.90. The predicted octanol–water partition coefficient (Wildman–Crippen LogP) is 6.73. The number of hydrogen-bond acceptors (Lipinski definition) is 0. The van der Waals surface area contributed by atoms with E-state index in [1.54, 1.807) is 13.3 Å². The Morgan fingerprint density at radius 1 is 0.947 bits per heavy atom. The molecule has 0 spiro atoms. The fraction of sp³-hybridized carbons (Fsp3) is 0.889.